The lowest BCUT2D eigenvalue weighted by molar-refractivity contribution is -0.143. The molecule has 0 saturated heterocycles. The monoisotopic (exact) mass is 462 g/mol. The predicted octanol–water partition coefficient (Wildman–Crippen LogP) is 5.38. The molecule has 2 aliphatic rings. The number of benzene rings is 2. The molecule has 5 rings (SSSR count). The Morgan fingerprint density at radius 1 is 0.971 bits per heavy atom. The lowest BCUT2D eigenvalue weighted by Gasteiger charge is -2.32. The highest BCUT2D eigenvalue weighted by Gasteiger charge is 2.40. The Kier molecular flexibility index (Phi) is 5.92. The van der Waals surface area contributed by atoms with Crippen molar-refractivity contribution < 1.29 is 9.59 Å². The van der Waals surface area contributed by atoms with Gasteiger partial charge >= 0.3 is 0 Å². The van der Waals surface area contributed by atoms with Crippen LogP contribution in [0.1, 0.15) is 43.7 Å². The van der Waals surface area contributed by atoms with Gasteiger partial charge in [0.25, 0.3) is 11.8 Å². The maximum atomic E-state index is 13.6. The van der Waals surface area contributed by atoms with Crippen LogP contribution in [0, 0.1) is 18.3 Å². The first-order chi connectivity index (χ1) is 17.0. The van der Waals surface area contributed by atoms with Gasteiger partial charge in [-0.1, -0.05) is 60.9 Å². The van der Waals surface area contributed by atoms with E-state index in [4.69, 9.17) is 5.10 Å². The molecule has 1 aliphatic carbocycles. The van der Waals surface area contributed by atoms with E-state index in [-0.39, 0.29) is 17.5 Å². The molecule has 0 radical (unpaired) electrons. The molecule has 35 heavy (non-hydrogen) atoms. The minimum Gasteiger partial charge on any atom is -0.271 e. The lowest BCUT2D eigenvalue weighted by atomic mass is 9.92. The number of amides is 2. The van der Waals surface area contributed by atoms with Crippen molar-refractivity contribution in [2.75, 3.05) is 0 Å². The summed E-state index contributed by atoms with van der Waals surface area (Å²) in [4.78, 5) is 28.0. The van der Waals surface area contributed by atoms with Gasteiger partial charge in [-0.2, -0.15) is 10.4 Å². The first-order valence-corrected chi connectivity index (χ1v) is 11.9. The molecular weight excluding hydrogens is 436 g/mol. The molecule has 3 aromatic rings. The van der Waals surface area contributed by atoms with Crippen molar-refractivity contribution in [3.05, 3.63) is 88.6 Å². The minimum atomic E-state index is -0.474. The van der Waals surface area contributed by atoms with Crippen LogP contribution in [0.25, 0.3) is 23.0 Å². The molecule has 2 heterocycles. The number of para-hydroxylation sites is 1. The number of aromatic nitrogens is 2. The first kappa shape index (κ1) is 22.5. The molecule has 1 saturated carbocycles. The summed E-state index contributed by atoms with van der Waals surface area (Å²) < 4.78 is 1.79. The van der Waals surface area contributed by atoms with Crippen LogP contribution in [0.4, 0.5) is 0 Å². The average Bonchev–Trinajstić information content (AvgIpc) is 3.54. The topological polar surface area (TPSA) is 79.0 Å². The third-order valence-corrected chi connectivity index (χ3v) is 6.85. The molecular formula is C29H26N4O2. The summed E-state index contributed by atoms with van der Waals surface area (Å²) in [5.74, 6) is -0.807. The molecule has 0 atom stereocenters. The van der Waals surface area contributed by atoms with Gasteiger partial charge in [-0.15, -0.1) is 0 Å². The summed E-state index contributed by atoms with van der Waals surface area (Å²) in [5, 5.41) is 14.6. The Bertz CT molecular complexity index is 1400. The number of hydrogen-bond acceptors (Lipinski definition) is 4. The number of imide groups is 1. The van der Waals surface area contributed by atoms with Gasteiger partial charge in [-0.05, 0) is 50.5 Å². The summed E-state index contributed by atoms with van der Waals surface area (Å²) in [6.45, 7) is 3.71. The van der Waals surface area contributed by atoms with Crippen molar-refractivity contribution in [1.82, 2.24) is 14.7 Å². The zero-order valence-corrected chi connectivity index (χ0v) is 19.9. The molecule has 6 nitrogen and oxygen atoms in total. The molecule has 1 aromatic heterocycles. The van der Waals surface area contributed by atoms with E-state index in [2.05, 4.69) is 6.07 Å². The van der Waals surface area contributed by atoms with E-state index >= 15 is 0 Å². The Balaban J connectivity index is 1.68. The SMILES string of the molecule is CC1=C(C#N)C(=O)N(C2CCCC2)C(=O)/C1=C\c1cn(-c2ccccc2)nc1-c1ccc(C)cc1. The van der Waals surface area contributed by atoms with E-state index in [1.807, 2.05) is 67.7 Å². The van der Waals surface area contributed by atoms with Crippen LogP contribution < -0.4 is 0 Å². The summed E-state index contributed by atoms with van der Waals surface area (Å²) in [5.41, 5.74) is 5.26. The van der Waals surface area contributed by atoms with Crippen molar-refractivity contribution in [2.24, 2.45) is 0 Å². The molecule has 0 bridgehead atoms. The fraction of sp³-hybridized carbons (Fsp3) is 0.241. The van der Waals surface area contributed by atoms with Gasteiger partial charge in [0.1, 0.15) is 11.6 Å². The van der Waals surface area contributed by atoms with Crippen LogP contribution in [0.3, 0.4) is 0 Å². The zero-order chi connectivity index (χ0) is 24.5. The Labute approximate surface area is 204 Å². The highest BCUT2D eigenvalue weighted by atomic mass is 16.2. The number of nitrogens with zero attached hydrogens (tertiary/aromatic N) is 4. The number of nitriles is 1. The summed E-state index contributed by atoms with van der Waals surface area (Å²) in [7, 11) is 0. The second kappa shape index (κ2) is 9.19. The maximum absolute atomic E-state index is 13.6. The molecule has 0 N–H and O–H groups in total. The Morgan fingerprint density at radius 3 is 2.31 bits per heavy atom. The van der Waals surface area contributed by atoms with Crippen molar-refractivity contribution in [2.45, 2.75) is 45.6 Å². The molecule has 2 amide bonds. The van der Waals surface area contributed by atoms with E-state index in [1.165, 1.54) is 4.90 Å². The maximum Gasteiger partial charge on any atom is 0.271 e. The van der Waals surface area contributed by atoms with Gasteiger partial charge in [0.05, 0.1) is 11.4 Å². The third-order valence-electron chi connectivity index (χ3n) is 6.85. The fourth-order valence-electron chi connectivity index (χ4n) is 4.89. The van der Waals surface area contributed by atoms with Gasteiger partial charge in [0, 0.05) is 28.9 Å². The standard InChI is InChI=1S/C29H26N4O2/c1-19-12-14-21(15-13-19)27-22(18-32(31-27)23-8-4-3-5-9-23)16-25-20(2)26(17-30)29(35)33(28(25)34)24-10-6-7-11-24/h3-5,8-9,12-16,18,24H,6-7,10-11H2,1-2H3/b25-16-. The van der Waals surface area contributed by atoms with E-state index in [1.54, 1.807) is 17.7 Å². The Morgan fingerprint density at radius 2 is 1.66 bits per heavy atom. The van der Waals surface area contributed by atoms with E-state index in [0.29, 0.717) is 11.1 Å². The number of rotatable bonds is 4. The van der Waals surface area contributed by atoms with Gasteiger partial charge in [0.2, 0.25) is 0 Å². The molecule has 1 aliphatic heterocycles. The van der Waals surface area contributed by atoms with E-state index in [0.717, 1.165) is 53.8 Å². The van der Waals surface area contributed by atoms with Gasteiger partial charge in [-0.3, -0.25) is 14.5 Å². The summed E-state index contributed by atoms with van der Waals surface area (Å²) in [6, 6.07) is 19.7. The molecule has 1 fully saturated rings. The fourth-order valence-corrected chi connectivity index (χ4v) is 4.89. The van der Waals surface area contributed by atoms with Gasteiger partial charge in [-0.25, -0.2) is 4.68 Å². The molecule has 0 spiro atoms. The minimum absolute atomic E-state index is 0.0371. The Hall–Kier alpha value is -4.24. The zero-order valence-electron chi connectivity index (χ0n) is 19.9. The summed E-state index contributed by atoms with van der Waals surface area (Å²) >= 11 is 0. The second-order valence-corrected chi connectivity index (χ2v) is 9.17. The van der Waals surface area contributed by atoms with Crippen molar-refractivity contribution in [1.29, 1.82) is 5.26 Å². The normalized spacial score (nSPS) is 18.0. The summed E-state index contributed by atoms with van der Waals surface area (Å²) in [6.07, 6.45) is 7.19. The van der Waals surface area contributed by atoms with Crippen LogP contribution in [-0.2, 0) is 9.59 Å². The quantitative estimate of drug-likeness (QED) is 0.385. The largest absolute Gasteiger partial charge is 0.271 e. The van der Waals surface area contributed by atoms with Crippen LogP contribution in [0.5, 0.6) is 0 Å². The van der Waals surface area contributed by atoms with Crippen molar-refractivity contribution in [3.8, 4) is 23.0 Å². The number of hydrogen-bond donors (Lipinski definition) is 0. The van der Waals surface area contributed by atoms with Gasteiger partial charge in [0.15, 0.2) is 0 Å². The number of carbonyl (C=O) groups excluding carboxylic acids is 2. The predicted molar refractivity (Wildman–Crippen MR) is 134 cm³/mol. The van der Waals surface area contributed by atoms with Crippen LogP contribution in [0.15, 0.2) is 77.5 Å². The first-order valence-electron chi connectivity index (χ1n) is 11.9. The van der Waals surface area contributed by atoms with Gasteiger partial charge < -0.3 is 0 Å². The number of aryl methyl sites for hydroxylation is 1. The molecule has 0 unspecified atom stereocenters. The third kappa shape index (κ3) is 4.10. The molecule has 2 aromatic carbocycles. The molecule has 174 valence electrons. The van der Waals surface area contributed by atoms with E-state index < -0.39 is 5.91 Å². The van der Waals surface area contributed by atoms with Crippen LogP contribution in [-0.4, -0.2) is 32.5 Å². The highest BCUT2D eigenvalue weighted by Crippen LogP contribution is 2.34. The average molecular weight is 463 g/mol. The lowest BCUT2D eigenvalue weighted by Crippen LogP contribution is -2.47. The molecule has 6 heteroatoms. The number of carbonyl (C=O) groups is 2. The second-order valence-electron chi connectivity index (χ2n) is 9.17. The highest BCUT2D eigenvalue weighted by molar-refractivity contribution is 6.20. The smallest absolute Gasteiger partial charge is 0.271 e. The van der Waals surface area contributed by atoms with Crippen LogP contribution >= 0.6 is 0 Å². The van der Waals surface area contributed by atoms with Crippen molar-refractivity contribution in [3.63, 3.8) is 0 Å². The van der Waals surface area contributed by atoms with Crippen LogP contribution in [0.2, 0.25) is 0 Å². The van der Waals surface area contributed by atoms with Crippen molar-refractivity contribution >= 4 is 17.9 Å². The van der Waals surface area contributed by atoms with E-state index in [9.17, 15) is 14.9 Å².